The number of hydrogen-bond acceptors (Lipinski definition) is 8. The monoisotopic (exact) mass is 616 g/mol. The number of piperidine rings is 1. The smallest absolute Gasteiger partial charge is 0.228 e. The quantitative estimate of drug-likeness (QED) is 0.137. The van der Waals surface area contributed by atoms with Crippen LogP contribution in [0.3, 0.4) is 0 Å². The van der Waals surface area contributed by atoms with Crippen molar-refractivity contribution < 1.29 is 8.60 Å². The number of thiophene rings is 1. The summed E-state index contributed by atoms with van der Waals surface area (Å²) in [6, 6.07) is 5.38. The van der Waals surface area contributed by atoms with Gasteiger partial charge in [-0.3, -0.25) is 4.21 Å². The first-order valence-corrected chi connectivity index (χ1v) is 16.5. The molecule has 0 amide bonds. The second-order valence-electron chi connectivity index (χ2n) is 11.3. The number of allylic oxidation sites excluding steroid dienone is 3. The van der Waals surface area contributed by atoms with E-state index >= 15 is 4.39 Å². The lowest BCUT2D eigenvalue weighted by Gasteiger charge is -2.31. The number of imidazole rings is 1. The van der Waals surface area contributed by atoms with Gasteiger partial charge in [-0.05, 0) is 48.8 Å². The molecule has 43 heavy (non-hydrogen) atoms. The van der Waals surface area contributed by atoms with Crippen molar-refractivity contribution in [3.05, 3.63) is 59.2 Å². The summed E-state index contributed by atoms with van der Waals surface area (Å²) in [4.78, 5) is 22.8. The zero-order chi connectivity index (χ0) is 30.1. The fraction of sp³-hybridized carbons (Fsp3) is 0.387. The molecule has 0 saturated carbocycles. The maximum Gasteiger partial charge on any atom is 0.228 e. The molecule has 6 rings (SSSR count). The number of rotatable bonds is 8. The van der Waals surface area contributed by atoms with E-state index in [1.54, 1.807) is 23.6 Å². The molecule has 0 N–H and O–H groups in total. The molecule has 1 saturated heterocycles. The van der Waals surface area contributed by atoms with Crippen LogP contribution >= 0.6 is 11.3 Å². The third kappa shape index (κ3) is 5.96. The van der Waals surface area contributed by atoms with Crippen LogP contribution in [-0.4, -0.2) is 67.9 Å². The van der Waals surface area contributed by atoms with Crippen LogP contribution in [0.2, 0.25) is 0 Å². The molecule has 1 aliphatic carbocycles. The van der Waals surface area contributed by atoms with Gasteiger partial charge in [0.15, 0.2) is 10.7 Å². The lowest BCUT2D eigenvalue weighted by molar-refractivity contribution is 0.441. The minimum Gasteiger partial charge on any atom is -0.369 e. The minimum absolute atomic E-state index is 0.294. The van der Waals surface area contributed by atoms with Crippen LogP contribution in [0.25, 0.3) is 21.3 Å². The first-order valence-electron chi connectivity index (χ1n) is 14.4. The normalized spacial score (nSPS) is 18.0. The van der Waals surface area contributed by atoms with Gasteiger partial charge in [0, 0.05) is 32.6 Å². The molecule has 1 fully saturated rings. The summed E-state index contributed by atoms with van der Waals surface area (Å²) in [5.41, 5.74) is 3.18. The highest BCUT2D eigenvalue weighted by Gasteiger charge is 2.25. The van der Waals surface area contributed by atoms with E-state index < -0.39 is 16.6 Å². The number of nitriles is 1. The van der Waals surface area contributed by atoms with Crippen molar-refractivity contribution in [3.8, 4) is 6.07 Å². The van der Waals surface area contributed by atoms with Crippen LogP contribution in [0.15, 0.2) is 52.3 Å². The van der Waals surface area contributed by atoms with Gasteiger partial charge in [0.25, 0.3) is 0 Å². The van der Waals surface area contributed by atoms with Gasteiger partial charge in [0.05, 0.1) is 46.0 Å². The van der Waals surface area contributed by atoms with E-state index in [-0.39, 0.29) is 0 Å². The number of fused-ring (bicyclic) bond motifs is 2. The van der Waals surface area contributed by atoms with Gasteiger partial charge in [0.1, 0.15) is 22.4 Å². The SMILES string of the molecule is C[C@@H]1CCCN(c2nc(S(=O)CC3=CCCC=C3)c3ncn(Cc4ccc(F)c5sc(/N=C/N(C)C)c(C#N)c45)c3n2)C1. The molecule has 222 valence electrons. The van der Waals surface area contributed by atoms with E-state index in [1.165, 1.54) is 6.07 Å². The number of aromatic nitrogens is 4. The second-order valence-corrected chi connectivity index (χ2v) is 13.7. The Morgan fingerprint density at radius 1 is 1.30 bits per heavy atom. The zero-order valence-electron chi connectivity index (χ0n) is 24.5. The van der Waals surface area contributed by atoms with Crippen LogP contribution in [0, 0.1) is 23.1 Å². The average Bonchev–Trinajstić information content (AvgIpc) is 3.59. The molecule has 0 bridgehead atoms. The molecule has 2 atom stereocenters. The van der Waals surface area contributed by atoms with E-state index in [2.05, 4.69) is 40.0 Å². The van der Waals surface area contributed by atoms with Gasteiger partial charge in [-0.1, -0.05) is 31.2 Å². The van der Waals surface area contributed by atoms with Crippen molar-refractivity contribution in [3.63, 3.8) is 0 Å². The number of hydrogen-bond donors (Lipinski definition) is 0. The highest BCUT2D eigenvalue weighted by Crippen LogP contribution is 2.41. The van der Waals surface area contributed by atoms with Gasteiger partial charge in [-0.2, -0.15) is 10.2 Å². The molecule has 12 heteroatoms. The van der Waals surface area contributed by atoms with Gasteiger partial charge < -0.3 is 14.4 Å². The van der Waals surface area contributed by atoms with E-state index in [0.717, 1.165) is 61.2 Å². The van der Waals surface area contributed by atoms with Crippen LogP contribution in [0.4, 0.5) is 15.3 Å². The Hall–Kier alpha value is -3.95. The molecule has 0 radical (unpaired) electrons. The van der Waals surface area contributed by atoms with E-state index in [9.17, 15) is 9.47 Å². The van der Waals surface area contributed by atoms with Crippen LogP contribution in [0.5, 0.6) is 0 Å². The molecule has 1 aromatic carbocycles. The van der Waals surface area contributed by atoms with Crippen molar-refractivity contribution in [1.29, 1.82) is 5.26 Å². The second kappa shape index (κ2) is 12.3. The van der Waals surface area contributed by atoms with E-state index in [0.29, 0.717) is 61.0 Å². The van der Waals surface area contributed by atoms with Crippen molar-refractivity contribution in [2.24, 2.45) is 10.9 Å². The van der Waals surface area contributed by atoms with Gasteiger partial charge in [-0.15, -0.1) is 11.3 Å². The molecule has 0 spiro atoms. The van der Waals surface area contributed by atoms with Gasteiger partial charge in [-0.25, -0.2) is 19.4 Å². The Morgan fingerprint density at radius 3 is 2.91 bits per heavy atom. The number of halogens is 1. The summed E-state index contributed by atoms with van der Waals surface area (Å²) in [5, 5.41) is 11.5. The molecule has 2 aliphatic rings. The van der Waals surface area contributed by atoms with Gasteiger partial charge >= 0.3 is 0 Å². The summed E-state index contributed by atoms with van der Waals surface area (Å²) in [6.07, 6.45) is 13.7. The lowest BCUT2D eigenvalue weighted by atomic mass is 10.0. The average molecular weight is 617 g/mol. The van der Waals surface area contributed by atoms with E-state index in [1.807, 2.05) is 24.7 Å². The summed E-state index contributed by atoms with van der Waals surface area (Å²) >= 11 is 1.16. The highest BCUT2D eigenvalue weighted by atomic mass is 32.2. The fourth-order valence-electron chi connectivity index (χ4n) is 5.59. The molecule has 1 aliphatic heterocycles. The molecule has 4 aromatic rings. The van der Waals surface area contributed by atoms with Crippen LogP contribution < -0.4 is 4.90 Å². The van der Waals surface area contributed by atoms with Crippen molar-refractivity contribution in [2.45, 2.75) is 44.2 Å². The predicted octanol–water partition coefficient (Wildman–Crippen LogP) is 5.94. The van der Waals surface area contributed by atoms with E-state index in [4.69, 9.17) is 9.97 Å². The predicted molar refractivity (Wildman–Crippen MR) is 171 cm³/mol. The van der Waals surface area contributed by atoms with Crippen molar-refractivity contribution >= 4 is 60.7 Å². The maximum atomic E-state index is 15.0. The minimum atomic E-state index is -1.43. The van der Waals surface area contributed by atoms with Gasteiger partial charge in [0.2, 0.25) is 5.95 Å². The largest absolute Gasteiger partial charge is 0.369 e. The Morgan fingerprint density at radius 2 is 2.16 bits per heavy atom. The fourth-order valence-corrected chi connectivity index (χ4v) is 7.83. The van der Waals surface area contributed by atoms with Crippen LogP contribution in [0.1, 0.15) is 43.7 Å². The third-order valence-corrected chi connectivity index (χ3v) is 10.1. The maximum absolute atomic E-state index is 15.0. The van der Waals surface area contributed by atoms with Crippen molar-refractivity contribution in [1.82, 2.24) is 24.4 Å². The van der Waals surface area contributed by atoms with Crippen molar-refractivity contribution in [2.75, 3.05) is 37.8 Å². The Balaban J connectivity index is 1.45. The first-order chi connectivity index (χ1) is 20.8. The highest BCUT2D eigenvalue weighted by molar-refractivity contribution is 7.85. The molecular formula is C31H33FN8OS2. The Bertz CT molecular complexity index is 1850. The zero-order valence-corrected chi connectivity index (χ0v) is 26.1. The first kappa shape index (κ1) is 29.1. The Labute approximate surface area is 256 Å². The number of anilines is 1. The number of aliphatic imine (C=N–C) groups is 1. The van der Waals surface area contributed by atoms with Crippen LogP contribution in [-0.2, 0) is 17.3 Å². The number of benzene rings is 1. The molecule has 3 aromatic heterocycles. The molecule has 4 heterocycles. The number of nitrogens with zero attached hydrogens (tertiary/aromatic N) is 8. The summed E-state index contributed by atoms with van der Waals surface area (Å²) in [6.45, 7) is 4.18. The molecular weight excluding hydrogens is 584 g/mol. The third-order valence-electron chi connectivity index (χ3n) is 7.66. The standard InChI is InChI=1S/C31H33FN8OS2/c1-20-8-7-13-39(15-20)31-36-28-26(30(37-31)43(41)17-21-9-5-4-6-10-21)34-19-40(28)16-22-11-12-24(32)27-25(22)23(14-33)29(42-27)35-18-38(2)3/h5,9-12,18-20H,4,6-8,13,15-17H2,1-3H3/b35-18+/t20-,43?/m1/s1. The molecule has 1 unspecified atom stereocenters. The molecule has 9 nitrogen and oxygen atoms in total. The summed E-state index contributed by atoms with van der Waals surface area (Å²) < 4.78 is 31.1. The summed E-state index contributed by atoms with van der Waals surface area (Å²) in [5.74, 6) is 1.02. The summed E-state index contributed by atoms with van der Waals surface area (Å²) in [7, 11) is 2.24. The topological polar surface area (TPSA) is 103 Å². The lowest BCUT2D eigenvalue weighted by Crippen LogP contribution is -2.35. The Kier molecular flexibility index (Phi) is 8.36.